The van der Waals surface area contributed by atoms with E-state index in [1.807, 2.05) is 24.3 Å². The van der Waals surface area contributed by atoms with E-state index in [9.17, 15) is 0 Å². The van der Waals surface area contributed by atoms with Gasteiger partial charge in [-0.05, 0) is 24.6 Å². The van der Waals surface area contributed by atoms with Gasteiger partial charge >= 0.3 is 0 Å². The lowest BCUT2D eigenvalue weighted by Gasteiger charge is -2.12. The second-order valence-corrected chi connectivity index (χ2v) is 4.88. The molecule has 6 heteroatoms. The van der Waals surface area contributed by atoms with E-state index in [0.717, 1.165) is 22.9 Å². The molecule has 2 aromatic rings. The highest BCUT2D eigenvalue weighted by Crippen LogP contribution is 2.28. The zero-order chi connectivity index (χ0) is 13.7. The Bertz CT molecular complexity index is 562. The number of hydrogen-bond acceptors (Lipinski definition) is 5. The van der Waals surface area contributed by atoms with E-state index < -0.39 is 0 Å². The molecule has 1 aromatic carbocycles. The molecule has 3 N–H and O–H groups in total. The monoisotopic (exact) mass is 322 g/mol. The minimum atomic E-state index is 0.530. The number of rotatable bonds is 5. The first-order chi connectivity index (χ1) is 9.24. The Morgan fingerprint density at radius 3 is 2.89 bits per heavy atom. The van der Waals surface area contributed by atoms with Crippen LogP contribution in [0, 0.1) is 0 Å². The van der Waals surface area contributed by atoms with Crippen LogP contribution >= 0.6 is 15.9 Å². The number of benzene rings is 1. The summed E-state index contributed by atoms with van der Waals surface area (Å²) in [6.45, 7) is 2.08. The standard InChI is InChI=1S/C13H15BrN4O/c1-2-4-11-12(18-15)16-8-17-13(11)19-10-6-3-5-9(14)7-10/h3,5-8H,2,4,15H2,1H3,(H,16,17,18). The van der Waals surface area contributed by atoms with Crippen molar-refractivity contribution in [2.75, 3.05) is 5.43 Å². The minimum Gasteiger partial charge on any atom is -0.439 e. The van der Waals surface area contributed by atoms with E-state index in [1.165, 1.54) is 6.33 Å². The van der Waals surface area contributed by atoms with Crippen molar-refractivity contribution >= 4 is 21.7 Å². The van der Waals surface area contributed by atoms with Crippen LogP contribution in [0.2, 0.25) is 0 Å². The SMILES string of the molecule is CCCc1c(NN)ncnc1Oc1cccc(Br)c1. The Morgan fingerprint density at radius 1 is 1.37 bits per heavy atom. The summed E-state index contributed by atoms with van der Waals surface area (Å²) in [6, 6.07) is 7.60. The second-order valence-electron chi connectivity index (χ2n) is 3.96. The molecule has 0 spiro atoms. The molecule has 0 bridgehead atoms. The quantitative estimate of drug-likeness (QED) is 0.653. The summed E-state index contributed by atoms with van der Waals surface area (Å²) in [4.78, 5) is 8.29. The lowest BCUT2D eigenvalue weighted by atomic mass is 10.2. The summed E-state index contributed by atoms with van der Waals surface area (Å²) in [6.07, 6.45) is 3.18. The number of nitrogens with two attached hydrogens (primary N) is 1. The van der Waals surface area contributed by atoms with Gasteiger partial charge in [0.1, 0.15) is 17.9 Å². The van der Waals surface area contributed by atoms with Crippen molar-refractivity contribution in [2.24, 2.45) is 5.84 Å². The summed E-state index contributed by atoms with van der Waals surface area (Å²) in [5.74, 6) is 7.31. The molecule has 5 nitrogen and oxygen atoms in total. The van der Waals surface area contributed by atoms with E-state index in [0.29, 0.717) is 17.4 Å². The molecule has 19 heavy (non-hydrogen) atoms. The first-order valence-corrected chi connectivity index (χ1v) is 6.77. The van der Waals surface area contributed by atoms with Crippen LogP contribution in [0.1, 0.15) is 18.9 Å². The summed E-state index contributed by atoms with van der Waals surface area (Å²) in [5.41, 5.74) is 3.46. The zero-order valence-electron chi connectivity index (χ0n) is 10.6. The molecule has 0 atom stereocenters. The third kappa shape index (κ3) is 3.42. The van der Waals surface area contributed by atoms with E-state index in [1.54, 1.807) is 0 Å². The number of ether oxygens (including phenoxy) is 1. The highest BCUT2D eigenvalue weighted by molar-refractivity contribution is 9.10. The van der Waals surface area contributed by atoms with Gasteiger partial charge in [0.2, 0.25) is 5.88 Å². The van der Waals surface area contributed by atoms with E-state index >= 15 is 0 Å². The van der Waals surface area contributed by atoms with Crippen molar-refractivity contribution in [3.05, 3.63) is 40.6 Å². The minimum absolute atomic E-state index is 0.530. The van der Waals surface area contributed by atoms with Gasteiger partial charge in [-0.1, -0.05) is 35.3 Å². The summed E-state index contributed by atoms with van der Waals surface area (Å²) in [5, 5.41) is 0. The van der Waals surface area contributed by atoms with Crippen molar-refractivity contribution < 1.29 is 4.74 Å². The van der Waals surface area contributed by atoms with Crippen LogP contribution < -0.4 is 16.0 Å². The van der Waals surface area contributed by atoms with E-state index in [-0.39, 0.29) is 0 Å². The lowest BCUT2D eigenvalue weighted by Crippen LogP contribution is -2.12. The van der Waals surface area contributed by atoms with Crippen LogP contribution in [0.3, 0.4) is 0 Å². The number of aromatic nitrogens is 2. The maximum Gasteiger partial charge on any atom is 0.227 e. The third-order valence-corrected chi connectivity index (χ3v) is 3.05. The molecule has 0 fully saturated rings. The molecule has 0 unspecified atom stereocenters. The molecule has 0 radical (unpaired) electrons. The number of halogens is 1. The number of nitrogens with one attached hydrogen (secondary N) is 1. The van der Waals surface area contributed by atoms with Gasteiger partial charge < -0.3 is 10.2 Å². The summed E-state index contributed by atoms with van der Waals surface area (Å²) >= 11 is 3.41. The van der Waals surface area contributed by atoms with E-state index in [2.05, 4.69) is 38.2 Å². The number of anilines is 1. The van der Waals surface area contributed by atoms with E-state index in [4.69, 9.17) is 10.6 Å². The predicted octanol–water partition coefficient (Wildman–Crippen LogP) is 3.27. The Balaban J connectivity index is 2.33. The molecule has 1 heterocycles. The van der Waals surface area contributed by atoms with Gasteiger partial charge in [0, 0.05) is 4.47 Å². The van der Waals surface area contributed by atoms with Gasteiger partial charge in [-0.3, -0.25) is 0 Å². The number of nitrogens with zero attached hydrogens (tertiary/aromatic N) is 2. The van der Waals surface area contributed by atoms with Crippen LogP contribution in [0.25, 0.3) is 0 Å². The van der Waals surface area contributed by atoms with Crippen LogP contribution in [-0.4, -0.2) is 9.97 Å². The fraction of sp³-hybridized carbons (Fsp3) is 0.231. The van der Waals surface area contributed by atoms with Crippen LogP contribution in [0.15, 0.2) is 35.1 Å². The molecule has 100 valence electrons. The Morgan fingerprint density at radius 2 is 2.21 bits per heavy atom. The molecular weight excluding hydrogens is 308 g/mol. The summed E-state index contributed by atoms with van der Waals surface area (Å²) < 4.78 is 6.76. The molecule has 0 aliphatic rings. The highest BCUT2D eigenvalue weighted by atomic mass is 79.9. The molecular formula is C13H15BrN4O. The molecule has 0 aliphatic heterocycles. The average molecular weight is 323 g/mol. The number of hydrazine groups is 1. The number of hydrogen-bond donors (Lipinski definition) is 2. The molecule has 0 saturated heterocycles. The van der Waals surface area contributed by atoms with Gasteiger partial charge in [0.15, 0.2) is 0 Å². The first-order valence-electron chi connectivity index (χ1n) is 5.98. The van der Waals surface area contributed by atoms with Crippen molar-refractivity contribution in [3.63, 3.8) is 0 Å². The van der Waals surface area contributed by atoms with Crippen LogP contribution in [0.4, 0.5) is 5.82 Å². The fourth-order valence-corrected chi connectivity index (χ4v) is 2.10. The largest absolute Gasteiger partial charge is 0.439 e. The smallest absolute Gasteiger partial charge is 0.227 e. The first kappa shape index (κ1) is 13.8. The normalized spacial score (nSPS) is 10.3. The Labute approximate surface area is 120 Å². The highest BCUT2D eigenvalue weighted by Gasteiger charge is 2.12. The maximum absolute atomic E-state index is 5.81. The Hall–Kier alpha value is -1.66. The Kier molecular flexibility index (Phi) is 4.70. The van der Waals surface area contributed by atoms with Gasteiger partial charge in [-0.15, -0.1) is 0 Å². The zero-order valence-corrected chi connectivity index (χ0v) is 12.1. The van der Waals surface area contributed by atoms with Crippen molar-refractivity contribution in [3.8, 4) is 11.6 Å². The second kappa shape index (κ2) is 6.49. The molecule has 0 saturated carbocycles. The molecule has 0 amide bonds. The van der Waals surface area contributed by atoms with Gasteiger partial charge in [0.25, 0.3) is 0 Å². The molecule has 0 aliphatic carbocycles. The van der Waals surface area contributed by atoms with Crippen molar-refractivity contribution in [1.82, 2.24) is 9.97 Å². The van der Waals surface area contributed by atoms with Gasteiger partial charge in [-0.25, -0.2) is 15.8 Å². The average Bonchev–Trinajstić information content (AvgIpc) is 2.41. The lowest BCUT2D eigenvalue weighted by molar-refractivity contribution is 0.454. The van der Waals surface area contributed by atoms with Crippen molar-refractivity contribution in [1.29, 1.82) is 0 Å². The number of nitrogen functional groups attached to an aromatic ring is 1. The maximum atomic E-state index is 5.81. The van der Waals surface area contributed by atoms with Crippen LogP contribution in [-0.2, 0) is 6.42 Å². The van der Waals surface area contributed by atoms with Crippen LogP contribution in [0.5, 0.6) is 11.6 Å². The molecule has 2 rings (SSSR count). The fourth-order valence-electron chi connectivity index (χ4n) is 1.73. The molecule has 1 aromatic heterocycles. The predicted molar refractivity (Wildman–Crippen MR) is 78.1 cm³/mol. The third-order valence-electron chi connectivity index (χ3n) is 2.55. The topological polar surface area (TPSA) is 73.1 Å². The van der Waals surface area contributed by atoms with Gasteiger partial charge in [0.05, 0.1) is 5.56 Å². The summed E-state index contributed by atoms with van der Waals surface area (Å²) in [7, 11) is 0. The van der Waals surface area contributed by atoms with Crippen molar-refractivity contribution in [2.45, 2.75) is 19.8 Å². The van der Waals surface area contributed by atoms with Gasteiger partial charge in [-0.2, -0.15) is 0 Å².